The van der Waals surface area contributed by atoms with E-state index in [1.807, 2.05) is 60.8 Å². The third kappa shape index (κ3) is 3.91. The molecule has 4 nitrogen and oxygen atoms in total. The van der Waals surface area contributed by atoms with Gasteiger partial charge >= 0.3 is 0 Å². The van der Waals surface area contributed by atoms with E-state index in [0.29, 0.717) is 11.1 Å². The molecule has 2 unspecified atom stereocenters. The fourth-order valence-electron chi connectivity index (χ4n) is 3.02. The molecule has 2 aromatic rings. The first-order valence-electron chi connectivity index (χ1n) is 8.66. The second kappa shape index (κ2) is 7.83. The molecule has 0 fully saturated rings. The molecule has 0 radical (unpaired) electrons. The van der Waals surface area contributed by atoms with Gasteiger partial charge in [-0.05, 0) is 18.9 Å². The number of rotatable bonds is 6. The van der Waals surface area contributed by atoms with Crippen LogP contribution in [-0.4, -0.2) is 22.6 Å². The molecule has 2 atom stereocenters. The molecule has 1 heterocycles. The lowest BCUT2D eigenvalue weighted by molar-refractivity contribution is -0.121. The molecule has 0 bridgehead atoms. The van der Waals surface area contributed by atoms with Crippen molar-refractivity contribution >= 4 is 11.7 Å². The van der Waals surface area contributed by atoms with Crippen LogP contribution < -0.4 is 5.73 Å². The van der Waals surface area contributed by atoms with Crippen molar-refractivity contribution in [3.63, 3.8) is 0 Å². The van der Waals surface area contributed by atoms with Gasteiger partial charge in [-0.1, -0.05) is 66.7 Å². The lowest BCUT2D eigenvalue weighted by Crippen LogP contribution is -2.38. The number of hydrogen-bond donors (Lipinski definition) is 1. The Bertz CT molecular complexity index is 841. The maximum atomic E-state index is 13.1. The zero-order chi connectivity index (χ0) is 18.5. The van der Waals surface area contributed by atoms with E-state index in [9.17, 15) is 9.59 Å². The number of ketones is 1. The summed E-state index contributed by atoms with van der Waals surface area (Å²) < 4.78 is 0. The van der Waals surface area contributed by atoms with Crippen LogP contribution in [0.15, 0.2) is 84.7 Å². The molecule has 0 aromatic heterocycles. The van der Waals surface area contributed by atoms with E-state index in [-0.39, 0.29) is 11.7 Å². The fraction of sp³-hybridized carbons (Fsp3) is 0.182. The minimum atomic E-state index is -0.512. The molecule has 1 aliphatic heterocycles. The number of benzene rings is 2. The Kier molecular flexibility index (Phi) is 5.32. The van der Waals surface area contributed by atoms with Crippen molar-refractivity contribution in [2.75, 3.05) is 0 Å². The van der Waals surface area contributed by atoms with Crippen molar-refractivity contribution in [1.82, 2.24) is 4.90 Å². The molecule has 0 saturated carbocycles. The Labute approximate surface area is 153 Å². The number of nitrogens with zero attached hydrogens (tertiary/aromatic N) is 1. The number of carbonyl (C=O) groups is 2. The average molecular weight is 346 g/mol. The Hall–Kier alpha value is -3.14. The number of nitrogens with two attached hydrogens (primary N) is 1. The minimum absolute atomic E-state index is 0.0300. The van der Waals surface area contributed by atoms with Crippen LogP contribution in [0.2, 0.25) is 0 Å². The Balaban J connectivity index is 1.93. The molecule has 26 heavy (non-hydrogen) atoms. The molecular formula is C22H22N2O2. The van der Waals surface area contributed by atoms with Crippen LogP contribution in [0.3, 0.4) is 0 Å². The van der Waals surface area contributed by atoms with Crippen LogP contribution in [0, 0.1) is 5.92 Å². The summed E-state index contributed by atoms with van der Waals surface area (Å²) in [4.78, 5) is 26.4. The topological polar surface area (TPSA) is 63.4 Å². The van der Waals surface area contributed by atoms with E-state index in [0.717, 1.165) is 12.0 Å². The van der Waals surface area contributed by atoms with E-state index in [2.05, 4.69) is 12.1 Å². The first-order valence-corrected chi connectivity index (χ1v) is 8.66. The fourth-order valence-corrected chi connectivity index (χ4v) is 3.02. The zero-order valence-electron chi connectivity index (χ0n) is 14.7. The SMILES string of the molecule is CC(C(N)=O)N1C=CC(Cc2ccccc2)C(C(=O)c2ccccc2)=C1. The quantitative estimate of drug-likeness (QED) is 0.816. The average Bonchev–Trinajstić information content (AvgIpc) is 2.68. The first kappa shape index (κ1) is 17.7. The largest absolute Gasteiger partial charge is 0.368 e. The normalized spacial score (nSPS) is 17.5. The highest BCUT2D eigenvalue weighted by molar-refractivity contribution is 6.09. The van der Waals surface area contributed by atoms with Crippen LogP contribution in [0.25, 0.3) is 0 Å². The van der Waals surface area contributed by atoms with Gasteiger partial charge in [-0.15, -0.1) is 0 Å². The van der Waals surface area contributed by atoms with Crippen molar-refractivity contribution in [3.05, 3.63) is 95.8 Å². The molecule has 4 heteroatoms. The second-order valence-corrected chi connectivity index (χ2v) is 6.44. The van der Waals surface area contributed by atoms with Gasteiger partial charge in [-0.2, -0.15) is 0 Å². The lowest BCUT2D eigenvalue weighted by Gasteiger charge is -2.29. The van der Waals surface area contributed by atoms with Gasteiger partial charge in [0.1, 0.15) is 6.04 Å². The van der Waals surface area contributed by atoms with Gasteiger partial charge in [0.05, 0.1) is 0 Å². The third-order valence-corrected chi connectivity index (χ3v) is 4.63. The highest BCUT2D eigenvalue weighted by atomic mass is 16.1. The number of amides is 1. The highest BCUT2D eigenvalue weighted by Gasteiger charge is 2.26. The Morgan fingerprint density at radius 3 is 2.27 bits per heavy atom. The van der Waals surface area contributed by atoms with Crippen molar-refractivity contribution in [2.24, 2.45) is 11.7 Å². The van der Waals surface area contributed by atoms with Gasteiger partial charge < -0.3 is 10.6 Å². The number of allylic oxidation sites excluding steroid dienone is 2. The first-order chi connectivity index (χ1) is 12.6. The molecule has 2 N–H and O–H groups in total. The summed E-state index contributed by atoms with van der Waals surface area (Å²) in [6, 6.07) is 18.8. The summed E-state index contributed by atoms with van der Waals surface area (Å²) in [5.74, 6) is -0.516. The maximum Gasteiger partial charge on any atom is 0.240 e. The molecule has 3 rings (SSSR count). The molecule has 0 aliphatic carbocycles. The monoisotopic (exact) mass is 346 g/mol. The summed E-state index contributed by atoms with van der Waals surface area (Å²) in [5, 5.41) is 0. The van der Waals surface area contributed by atoms with Gasteiger partial charge in [-0.3, -0.25) is 9.59 Å². The molecule has 1 aliphatic rings. The maximum absolute atomic E-state index is 13.1. The van der Waals surface area contributed by atoms with Gasteiger partial charge in [0.2, 0.25) is 5.91 Å². The van der Waals surface area contributed by atoms with Gasteiger partial charge in [0.25, 0.3) is 0 Å². The third-order valence-electron chi connectivity index (χ3n) is 4.63. The van der Waals surface area contributed by atoms with Crippen LogP contribution in [-0.2, 0) is 11.2 Å². The van der Waals surface area contributed by atoms with Gasteiger partial charge in [0, 0.05) is 29.5 Å². The standard InChI is InChI=1S/C22H22N2O2/c1-16(22(23)26)24-13-12-19(14-17-8-4-2-5-9-17)20(15-24)21(25)18-10-6-3-7-11-18/h2-13,15-16,19H,14H2,1H3,(H2,23,26). The zero-order valence-corrected chi connectivity index (χ0v) is 14.7. The van der Waals surface area contributed by atoms with Gasteiger partial charge in [-0.25, -0.2) is 0 Å². The van der Waals surface area contributed by atoms with Crippen LogP contribution in [0.5, 0.6) is 0 Å². The molecule has 0 saturated heterocycles. The summed E-state index contributed by atoms with van der Waals surface area (Å²) in [7, 11) is 0. The second-order valence-electron chi connectivity index (χ2n) is 6.44. The van der Waals surface area contributed by atoms with Crippen molar-refractivity contribution in [3.8, 4) is 0 Å². The molecule has 132 valence electrons. The van der Waals surface area contributed by atoms with Gasteiger partial charge in [0.15, 0.2) is 5.78 Å². The molecule has 0 spiro atoms. The Morgan fingerprint density at radius 1 is 1.04 bits per heavy atom. The Morgan fingerprint density at radius 2 is 1.65 bits per heavy atom. The van der Waals surface area contributed by atoms with E-state index in [4.69, 9.17) is 5.73 Å². The van der Waals surface area contributed by atoms with E-state index >= 15 is 0 Å². The van der Waals surface area contributed by atoms with Crippen LogP contribution >= 0.6 is 0 Å². The van der Waals surface area contributed by atoms with Crippen molar-refractivity contribution in [1.29, 1.82) is 0 Å². The summed E-state index contributed by atoms with van der Waals surface area (Å²) in [5.41, 5.74) is 7.89. The molecular weight excluding hydrogens is 324 g/mol. The smallest absolute Gasteiger partial charge is 0.240 e. The highest BCUT2D eigenvalue weighted by Crippen LogP contribution is 2.27. The molecule has 2 aromatic carbocycles. The minimum Gasteiger partial charge on any atom is -0.368 e. The number of carbonyl (C=O) groups excluding carboxylic acids is 2. The number of Topliss-reactive ketones (excluding diaryl/α,β-unsaturated/α-hetero) is 1. The van der Waals surface area contributed by atoms with Crippen molar-refractivity contribution < 1.29 is 9.59 Å². The lowest BCUT2D eigenvalue weighted by atomic mass is 9.86. The van der Waals surface area contributed by atoms with Crippen LogP contribution in [0.1, 0.15) is 22.8 Å². The van der Waals surface area contributed by atoms with E-state index in [1.165, 1.54) is 0 Å². The predicted molar refractivity (Wildman–Crippen MR) is 102 cm³/mol. The number of primary amides is 1. The predicted octanol–water partition coefficient (Wildman–Crippen LogP) is 3.32. The van der Waals surface area contributed by atoms with Crippen LogP contribution in [0.4, 0.5) is 0 Å². The van der Waals surface area contributed by atoms with E-state index in [1.54, 1.807) is 18.0 Å². The molecule has 1 amide bonds. The summed E-state index contributed by atoms with van der Waals surface area (Å²) in [6.07, 6.45) is 6.30. The van der Waals surface area contributed by atoms with E-state index < -0.39 is 11.9 Å². The summed E-state index contributed by atoms with van der Waals surface area (Å²) in [6.45, 7) is 1.73. The number of hydrogen-bond acceptors (Lipinski definition) is 3. The van der Waals surface area contributed by atoms with Crippen molar-refractivity contribution in [2.45, 2.75) is 19.4 Å². The summed E-state index contributed by atoms with van der Waals surface area (Å²) >= 11 is 0.